The average molecular weight is 299 g/mol. The molecule has 3 rings (SSSR count). The molecule has 0 saturated carbocycles. The molecule has 0 bridgehead atoms. The molecule has 0 spiro atoms. The second-order valence-electron chi connectivity index (χ2n) is 4.64. The second-order valence-corrected chi connectivity index (χ2v) is 5.64. The maximum Gasteiger partial charge on any atom is 0.335 e. The van der Waals surface area contributed by atoms with Gasteiger partial charge in [-0.15, -0.1) is 11.3 Å². The van der Waals surface area contributed by atoms with Crippen molar-refractivity contribution in [1.82, 2.24) is 9.97 Å². The normalized spacial score (nSPS) is 10.7. The van der Waals surface area contributed by atoms with Gasteiger partial charge in [-0.3, -0.25) is 0 Å². The Morgan fingerprint density at radius 2 is 2.19 bits per heavy atom. The largest absolute Gasteiger partial charge is 0.478 e. The highest BCUT2D eigenvalue weighted by Gasteiger charge is 2.08. The Morgan fingerprint density at radius 3 is 2.90 bits per heavy atom. The lowest BCUT2D eigenvalue weighted by molar-refractivity contribution is 0.0697. The van der Waals surface area contributed by atoms with Crippen LogP contribution in [-0.2, 0) is 6.54 Å². The predicted molar refractivity (Wildman–Crippen MR) is 82.9 cm³/mol. The minimum atomic E-state index is -0.959. The highest BCUT2D eigenvalue weighted by atomic mass is 32.1. The van der Waals surface area contributed by atoms with E-state index in [2.05, 4.69) is 33.7 Å². The molecule has 0 aliphatic rings. The van der Waals surface area contributed by atoms with Gasteiger partial charge in [0.15, 0.2) is 0 Å². The van der Waals surface area contributed by atoms with Crippen molar-refractivity contribution in [3.05, 3.63) is 52.0 Å². The summed E-state index contributed by atoms with van der Waals surface area (Å²) in [5.74, 6) is -0.246. The molecular formula is C15H13N3O2S. The maximum absolute atomic E-state index is 11.0. The fourth-order valence-electron chi connectivity index (χ4n) is 2.08. The van der Waals surface area contributed by atoms with Crippen LogP contribution >= 0.6 is 11.3 Å². The van der Waals surface area contributed by atoms with Crippen molar-refractivity contribution in [2.24, 2.45) is 0 Å². The summed E-state index contributed by atoms with van der Waals surface area (Å²) in [4.78, 5) is 20.6. The third kappa shape index (κ3) is 2.71. The summed E-state index contributed by atoms with van der Waals surface area (Å²) in [6.07, 6.45) is 1.44. The van der Waals surface area contributed by atoms with E-state index in [1.54, 1.807) is 29.5 Å². The molecule has 2 N–H and O–H groups in total. The first-order valence-electron chi connectivity index (χ1n) is 6.40. The number of aromatic nitrogens is 2. The molecule has 5 nitrogen and oxygen atoms in total. The number of hydrogen-bond donors (Lipinski definition) is 2. The van der Waals surface area contributed by atoms with Gasteiger partial charge in [-0.2, -0.15) is 0 Å². The molecule has 0 aliphatic heterocycles. The molecule has 0 amide bonds. The van der Waals surface area contributed by atoms with Crippen molar-refractivity contribution in [3.8, 4) is 0 Å². The van der Waals surface area contributed by atoms with Crippen molar-refractivity contribution in [1.29, 1.82) is 0 Å². The Labute approximate surface area is 125 Å². The van der Waals surface area contributed by atoms with Crippen LogP contribution in [0.15, 0.2) is 36.0 Å². The number of benzene rings is 1. The molecule has 106 valence electrons. The van der Waals surface area contributed by atoms with Crippen molar-refractivity contribution in [2.45, 2.75) is 13.5 Å². The van der Waals surface area contributed by atoms with E-state index in [1.165, 1.54) is 16.8 Å². The molecule has 21 heavy (non-hydrogen) atoms. The lowest BCUT2D eigenvalue weighted by atomic mass is 10.1. The van der Waals surface area contributed by atoms with Crippen LogP contribution in [0.5, 0.6) is 0 Å². The molecule has 0 aliphatic carbocycles. The van der Waals surface area contributed by atoms with Gasteiger partial charge >= 0.3 is 5.97 Å². The Hall–Kier alpha value is -2.47. The van der Waals surface area contributed by atoms with Crippen LogP contribution in [0.1, 0.15) is 20.8 Å². The van der Waals surface area contributed by atoms with Crippen LogP contribution in [0.3, 0.4) is 0 Å². The number of rotatable bonds is 4. The topological polar surface area (TPSA) is 75.1 Å². The van der Waals surface area contributed by atoms with E-state index in [0.717, 1.165) is 5.39 Å². The van der Waals surface area contributed by atoms with Crippen LogP contribution < -0.4 is 5.32 Å². The van der Waals surface area contributed by atoms with E-state index in [9.17, 15) is 4.79 Å². The minimum absolute atomic E-state index is 0.223. The number of carbonyl (C=O) groups is 1. The van der Waals surface area contributed by atoms with E-state index < -0.39 is 5.97 Å². The highest BCUT2D eigenvalue weighted by molar-refractivity contribution is 7.10. The summed E-state index contributed by atoms with van der Waals surface area (Å²) in [5, 5.41) is 15.2. The zero-order chi connectivity index (χ0) is 14.8. The molecule has 0 saturated heterocycles. The summed E-state index contributed by atoms with van der Waals surface area (Å²) in [5.41, 5.74) is 2.09. The molecule has 0 unspecified atom stereocenters. The van der Waals surface area contributed by atoms with Gasteiger partial charge in [-0.1, -0.05) is 0 Å². The van der Waals surface area contributed by atoms with Crippen LogP contribution in [0.4, 0.5) is 5.82 Å². The first-order chi connectivity index (χ1) is 10.1. The number of aromatic carboxylic acids is 1. The molecule has 3 aromatic rings. The summed E-state index contributed by atoms with van der Waals surface area (Å²) in [7, 11) is 0. The maximum atomic E-state index is 11.0. The van der Waals surface area contributed by atoms with Crippen LogP contribution in [0, 0.1) is 6.92 Å². The van der Waals surface area contributed by atoms with E-state index >= 15 is 0 Å². The standard InChI is InChI=1S/C15H13N3O2S/c1-9-4-5-21-13(9)7-16-14-11-3-2-10(15(19)20)6-12(11)17-8-18-14/h2-6,8H,7H2,1H3,(H,19,20)(H,16,17,18). The molecule has 0 atom stereocenters. The van der Waals surface area contributed by atoms with Gasteiger partial charge in [0.05, 0.1) is 17.6 Å². The zero-order valence-electron chi connectivity index (χ0n) is 11.3. The number of fused-ring (bicyclic) bond motifs is 1. The monoisotopic (exact) mass is 299 g/mol. The Bertz CT molecular complexity index is 814. The number of nitrogens with one attached hydrogen (secondary N) is 1. The second kappa shape index (κ2) is 5.49. The fourth-order valence-corrected chi connectivity index (χ4v) is 2.93. The Balaban J connectivity index is 1.92. The van der Waals surface area contributed by atoms with Gasteiger partial charge < -0.3 is 10.4 Å². The van der Waals surface area contributed by atoms with Gasteiger partial charge in [0.2, 0.25) is 0 Å². The molecule has 2 heterocycles. The van der Waals surface area contributed by atoms with E-state index in [4.69, 9.17) is 5.11 Å². The molecule has 2 aromatic heterocycles. The number of nitrogens with zero attached hydrogens (tertiary/aromatic N) is 2. The van der Waals surface area contributed by atoms with Crippen molar-refractivity contribution >= 4 is 34.0 Å². The average Bonchev–Trinajstić information content (AvgIpc) is 2.89. The number of carboxylic acid groups (broad SMARTS) is 1. The van der Waals surface area contributed by atoms with E-state index in [-0.39, 0.29) is 5.56 Å². The Kier molecular flexibility index (Phi) is 3.53. The number of hydrogen-bond acceptors (Lipinski definition) is 5. The number of anilines is 1. The lowest BCUT2D eigenvalue weighted by Crippen LogP contribution is -2.03. The number of aryl methyl sites for hydroxylation is 1. The van der Waals surface area contributed by atoms with E-state index in [0.29, 0.717) is 17.9 Å². The van der Waals surface area contributed by atoms with Gasteiger partial charge in [0.25, 0.3) is 0 Å². The SMILES string of the molecule is Cc1ccsc1CNc1ncnc2cc(C(=O)O)ccc12. The van der Waals surface area contributed by atoms with Crippen LogP contribution in [0.25, 0.3) is 10.9 Å². The van der Waals surface area contributed by atoms with Crippen molar-refractivity contribution in [2.75, 3.05) is 5.32 Å². The lowest BCUT2D eigenvalue weighted by Gasteiger charge is -2.08. The summed E-state index contributed by atoms with van der Waals surface area (Å²) in [6.45, 7) is 2.76. The first kappa shape index (κ1) is 13.5. The summed E-state index contributed by atoms with van der Waals surface area (Å²) in [6, 6.07) is 6.94. The zero-order valence-corrected chi connectivity index (χ0v) is 12.1. The van der Waals surface area contributed by atoms with Crippen molar-refractivity contribution in [3.63, 3.8) is 0 Å². The molecule has 6 heteroatoms. The van der Waals surface area contributed by atoms with Crippen molar-refractivity contribution < 1.29 is 9.90 Å². The van der Waals surface area contributed by atoms with E-state index in [1.807, 2.05) is 0 Å². The number of thiophene rings is 1. The molecule has 0 radical (unpaired) electrons. The summed E-state index contributed by atoms with van der Waals surface area (Å²) >= 11 is 1.70. The third-order valence-corrected chi connectivity index (χ3v) is 4.29. The molecular weight excluding hydrogens is 286 g/mol. The molecule has 0 fully saturated rings. The number of carboxylic acids is 1. The van der Waals surface area contributed by atoms with Gasteiger partial charge in [0.1, 0.15) is 12.1 Å². The summed E-state index contributed by atoms with van der Waals surface area (Å²) < 4.78 is 0. The third-order valence-electron chi connectivity index (χ3n) is 3.27. The minimum Gasteiger partial charge on any atom is -0.478 e. The molecule has 1 aromatic carbocycles. The Morgan fingerprint density at radius 1 is 1.33 bits per heavy atom. The van der Waals surface area contributed by atoms with Crippen LogP contribution in [0.2, 0.25) is 0 Å². The smallest absolute Gasteiger partial charge is 0.335 e. The highest BCUT2D eigenvalue weighted by Crippen LogP contribution is 2.22. The quantitative estimate of drug-likeness (QED) is 0.773. The van der Waals surface area contributed by atoms with Gasteiger partial charge in [-0.25, -0.2) is 14.8 Å². The first-order valence-corrected chi connectivity index (χ1v) is 7.28. The van der Waals surface area contributed by atoms with Gasteiger partial charge in [0, 0.05) is 10.3 Å². The fraction of sp³-hybridized carbons (Fsp3) is 0.133. The predicted octanol–water partition coefficient (Wildman–Crippen LogP) is 3.31. The van der Waals surface area contributed by atoms with Crippen LogP contribution in [-0.4, -0.2) is 21.0 Å². The van der Waals surface area contributed by atoms with Gasteiger partial charge in [-0.05, 0) is 42.1 Å².